The van der Waals surface area contributed by atoms with E-state index in [4.69, 9.17) is 0 Å². The predicted octanol–water partition coefficient (Wildman–Crippen LogP) is 2.05. The molecular weight excluding hydrogens is 342 g/mol. The lowest BCUT2D eigenvalue weighted by molar-refractivity contribution is 0.0951. The Labute approximate surface area is 157 Å². The van der Waals surface area contributed by atoms with Gasteiger partial charge in [0.15, 0.2) is 0 Å². The van der Waals surface area contributed by atoms with Gasteiger partial charge in [0.1, 0.15) is 5.82 Å². The summed E-state index contributed by atoms with van der Waals surface area (Å²) in [6, 6.07) is 11.1. The Bertz CT molecular complexity index is 1020. The van der Waals surface area contributed by atoms with Crippen LogP contribution in [-0.4, -0.2) is 39.8 Å². The van der Waals surface area contributed by atoms with E-state index in [1.165, 1.54) is 4.68 Å². The number of H-pyrrole nitrogens is 1. The standard InChI is InChI=1S/C20H23N5O2/c1-24-19(26)9-8-18(23-24)25-12-3-2-5-14(25)13-22-20(27)16-6-4-7-17-15(16)10-11-21-17/h4,6-11,14,21H,2-3,5,12-13H2,1H3,(H,22,27). The molecule has 1 unspecified atom stereocenters. The number of benzene rings is 1. The summed E-state index contributed by atoms with van der Waals surface area (Å²) in [7, 11) is 1.66. The first-order valence-corrected chi connectivity index (χ1v) is 9.29. The first-order valence-electron chi connectivity index (χ1n) is 9.29. The number of fused-ring (bicyclic) bond motifs is 1. The number of amides is 1. The molecular formula is C20H23N5O2. The minimum Gasteiger partial charge on any atom is -0.361 e. The molecule has 1 aliphatic rings. The second kappa shape index (κ2) is 7.26. The number of aryl methyl sites for hydroxylation is 1. The molecule has 3 heterocycles. The highest BCUT2D eigenvalue weighted by Gasteiger charge is 2.25. The molecule has 27 heavy (non-hydrogen) atoms. The lowest BCUT2D eigenvalue weighted by Gasteiger charge is -2.36. The Morgan fingerprint density at radius 1 is 1.26 bits per heavy atom. The van der Waals surface area contributed by atoms with Gasteiger partial charge in [-0.05, 0) is 43.5 Å². The molecule has 0 bridgehead atoms. The van der Waals surface area contributed by atoms with Gasteiger partial charge in [-0.2, -0.15) is 5.10 Å². The summed E-state index contributed by atoms with van der Waals surface area (Å²) in [5.41, 5.74) is 1.51. The summed E-state index contributed by atoms with van der Waals surface area (Å²) in [6.07, 6.45) is 5.03. The number of nitrogens with one attached hydrogen (secondary N) is 2. The van der Waals surface area contributed by atoms with Crippen LogP contribution in [0.3, 0.4) is 0 Å². The summed E-state index contributed by atoms with van der Waals surface area (Å²) in [4.78, 5) is 29.7. The number of aromatic amines is 1. The smallest absolute Gasteiger partial charge is 0.266 e. The molecule has 2 aromatic heterocycles. The third kappa shape index (κ3) is 3.45. The van der Waals surface area contributed by atoms with Crippen LogP contribution in [0.2, 0.25) is 0 Å². The number of carbonyl (C=O) groups excluding carboxylic acids is 1. The fourth-order valence-electron chi connectivity index (χ4n) is 3.75. The van der Waals surface area contributed by atoms with Crippen LogP contribution in [0.4, 0.5) is 5.82 Å². The molecule has 1 fully saturated rings. The van der Waals surface area contributed by atoms with Crippen LogP contribution in [-0.2, 0) is 7.05 Å². The third-order valence-corrected chi connectivity index (χ3v) is 5.21. The van der Waals surface area contributed by atoms with Crippen molar-refractivity contribution in [3.63, 3.8) is 0 Å². The first-order chi connectivity index (χ1) is 13.1. The number of rotatable bonds is 4. The number of nitrogens with zero attached hydrogens (tertiary/aromatic N) is 3. The molecule has 1 atom stereocenters. The zero-order valence-corrected chi connectivity index (χ0v) is 15.3. The van der Waals surface area contributed by atoms with E-state index in [0.29, 0.717) is 12.1 Å². The van der Waals surface area contributed by atoms with Crippen molar-refractivity contribution in [2.45, 2.75) is 25.3 Å². The lowest BCUT2D eigenvalue weighted by Crippen LogP contribution is -2.47. The average molecular weight is 365 g/mol. The van der Waals surface area contributed by atoms with Gasteiger partial charge in [0.2, 0.25) is 0 Å². The minimum absolute atomic E-state index is 0.0702. The van der Waals surface area contributed by atoms with Crippen molar-refractivity contribution in [2.75, 3.05) is 18.0 Å². The Balaban J connectivity index is 1.50. The summed E-state index contributed by atoms with van der Waals surface area (Å²) in [5.74, 6) is 0.711. The molecule has 4 rings (SSSR count). The minimum atomic E-state index is -0.125. The van der Waals surface area contributed by atoms with Crippen LogP contribution in [0, 0.1) is 0 Å². The van der Waals surface area contributed by atoms with Gasteiger partial charge in [-0.25, -0.2) is 4.68 Å². The monoisotopic (exact) mass is 365 g/mol. The fourth-order valence-corrected chi connectivity index (χ4v) is 3.75. The van der Waals surface area contributed by atoms with Gasteiger partial charge in [0.25, 0.3) is 11.5 Å². The summed E-state index contributed by atoms with van der Waals surface area (Å²) in [6.45, 7) is 1.42. The Hall–Kier alpha value is -3.09. The number of piperidine rings is 1. The van der Waals surface area contributed by atoms with Crippen molar-refractivity contribution in [1.29, 1.82) is 0 Å². The van der Waals surface area contributed by atoms with E-state index in [-0.39, 0.29) is 17.5 Å². The summed E-state index contributed by atoms with van der Waals surface area (Å²) in [5, 5.41) is 8.39. The maximum absolute atomic E-state index is 12.7. The predicted molar refractivity (Wildman–Crippen MR) is 105 cm³/mol. The van der Waals surface area contributed by atoms with Crippen LogP contribution in [0.5, 0.6) is 0 Å². The Morgan fingerprint density at radius 3 is 3.00 bits per heavy atom. The number of hydrogen-bond acceptors (Lipinski definition) is 4. The van der Waals surface area contributed by atoms with Gasteiger partial charge < -0.3 is 15.2 Å². The van der Waals surface area contributed by atoms with Crippen LogP contribution < -0.4 is 15.8 Å². The summed E-state index contributed by atoms with van der Waals surface area (Å²) < 4.78 is 1.35. The Morgan fingerprint density at radius 2 is 2.15 bits per heavy atom. The molecule has 7 nitrogen and oxygen atoms in total. The van der Waals surface area contributed by atoms with Gasteiger partial charge in [-0.3, -0.25) is 9.59 Å². The quantitative estimate of drug-likeness (QED) is 0.741. The van der Waals surface area contributed by atoms with E-state index in [2.05, 4.69) is 20.3 Å². The van der Waals surface area contributed by atoms with Gasteiger partial charge in [-0.15, -0.1) is 0 Å². The third-order valence-electron chi connectivity index (χ3n) is 5.21. The molecule has 3 aromatic rings. The molecule has 7 heteroatoms. The van der Waals surface area contributed by atoms with Crippen molar-refractivity contribution < 1.29 is 4.79 Å². The topological polar surface area (TPSA) is 83.0 Å². The zero-order chi connectivity index (χ0) is 18.8. The molecule has 1 aromatic carbocycles. The Kier molecular flexibility index (Phi) is 4.66. The molecule has 0 spiro atoms. The van der Waals surface area contributed by atoms with E-state index >= 15 is 0 Å². The molecule has 2 N–H and O–H groups in total. The maximum atomic E-state index is 12.7. The molecule has 0 radical (unpaired) electrons. The van der Waals surface area contributed by atoms with Gasteiger partial charge >= 0.3 is 0 Å². The molecule has 1 amide bonds. The van der Waals surface area contributed by atoms with Crippen LogP contribution in [0.25, 0.3) is 10.9 Å². The maximum Gasteiger partial charge on any atom is 0.266 e. The summed E-state index contributed by atoms with van der Waals surface area (Å²) >= 11 is 0. The highest BCUT2D eigenvalue weighted by molar-refractivity contribution is 6.06. The fraction of sp³-hybridized carbons (Fsp3) is 0.350. The average Bonchev–Trinajstić information content (AvgIpc) is 3.17. The largest absolute Gasteiger partial charge is 0.361 e. The molecule has 0 aliphatic carbocycles. The van der Waals surface area contributed by atoms with E-state index in [9.17, 15) is 9.59 Å². The van der Waals surface area contributed by atoms with Crippen molar-refractivity contribution in [2.24, 2.45) is 7.05 Å². The van der Waals surface area contributed by atoms with Gasteiger partial charge in [-0.1, -0.05) is 6.07 Å². The normalized spacial score (nSPS) is 17.2. The van der Waals surface area contributed by atoms with Crippen LogP contribution >= 0.6 is 0 Å². The van der Waals surface area contributed by atoms with E-state index in [1.54, 1.807) is 19.2 Å². The number of carbonyl (C=O) groups is 1. The zero-order valence-electron chi connectivity index (χ0n) is 15.3. The molecule has 140 valence electrons. The highest BCUT2D eigenvalue weighted by atomic mass is 16.1. The second-order valence-electron chi connectivity index (χ2n) is 6.95. The lowest BCUT2D eigenvalue weighted by atomic mass is 10.0. The van der Waals surface area contributed by atoms with Crippen LogP contribution in [0.15, 0.2) is 47.4 Å². The molecule has 1 aliphatic heterocycles. The van der Waals surface area contributed by atoms with Crippen LogP contribution in [0.1, 0.15) is 29.6 Å². The van der Waals surface area contributed by atoms with Crippen molar-refractivity contribution in [3.05, 3.63) is 58.5 Å². The first kappa shape index (κ1) is 17.3. The van der Waals surface area contributed by atoms with E-state index in [0.717, 1.165) is 42.5 Å². The van der Waals surface area contributed by atoms with E-state index in [1.807, 2.05) is 30.5 Å². The molecule has 0 saturated carbocycles. The van der Waals surface area contributed by atoms with Crippen molar-refractivity contribution in [3.8, 4) is 0 Å². The number of hydrogen-bond donors (Lipinski definition) is 2. The second-order valence-corrected chi connectivity index (χ2v) is 6.95. The van der Waals surface area contributed by atoms with Gasteiger partial charge in [0, 0.05) is 54.9 Å². The number of anilines is 1. The van der Waals surface area contributed by atoms with Crippen molar-refractivity contribution in [1.82, 2.24) is 20.1 Å². The highest BCUT2D eigenvalue weighted by Crippen LogP contribution is 2.22. The molecule has 1 saturated heterocycles. The van der Waals surface area contributed by atoms with Crippen molar-refractivity contribution >= 4 is 22.6 Å². The van der Waals surface area contributed by atoms with E-state index < -0.39 is 0 Å². The van der Waals surface area contributed by atoms with Gasteiger partial charge in [0.05, 0.1) is 0 Å². The number of aromatic nitrogens is 3. The SMILES string of the molecule is Cn1nc(N2CCCCC2CNC(=O)c2cccc3[nH]ccc23)ccc1=O.